The third kappa shape index (κ3) is 5.74. The molecule has 2 aromatic carbocycles. The molecule has 2 unspecified atom stereocenters. The summed E-state index contributed by atoms with van der Waals surface area (Å²) in [5.74, 6) is -0.739. The molecule has 0 aliphatic carbocycles. The minimum Gasteiger partial charge on any atom is -0.452 e. The summed E-state index contributed by atoms with van der Waals surface area (Å²) in [5, 5.41) is 14.4. The molecule has 3 heterocycles. The Morgan fingerprint density at radius 1 is 1.15 bits per heavy atom. The van der Waals surface area contributed by atoms with Crippen LogP contribution in [0.15, 0.2) is 65.8 Å². The second kappa shape index (κ2) is 11.7. The van der Waals surface area contributed by atoms with E-state index in [1.54, 1.807) is 11.9 Å². The van der Waals surface area contributed by atoms with Gasteiger partial charge in [0.15, 0.2) is 10.9 Å². The van der Waals surface area contributed by atoms with Crippen LogP contribution in [0.1, 0.15) is 17.2 Å². The van der Waals surface area contributed by atoms with Crippen molar-refractivity contribution in [2.24, 2.45) is 12.5 Å². The molecule has 2 fully saturated rings. The predicted molar refractivity (Wildman–Crippen MR) is 148 cm³/mol. The van der Waals surface area contributed by atoms with Crippen molar-refractivity contribution in [3.05, 3.63) is 71.8 Å². The summed E-state index contributed by atoms with van der Waals surface area (Å²) in [7, 11) is 1.72. The SMILES string of the molecule is Cn1nnnc1SCC1(C(=O)OC(c2ccccc2)c2ccccc2)CS[C@@H]2C(NC(=O)C(Cl)Cl)C(=O)N2C1. The van der Waals surface area contributed by atoms with Crippen LogP contribution >= 0.6 is 46.7 Å². The largest absolute Gasteiger partial charge is 0.452 e. The van der Waals surface area contributed by atoms with Crippen LogP contribution in [0, 0.1) is 5.41 Å². The Hall–Kier alpha value is -2.80. The number of thioether (sulfide) groups is 2. The molecule has 3 atom stereocenters. The van der Waals surface area contributed by atoms with Crippen LogP contribution in [0.2, 0.25) is 0 Å². The molecular formula is C25H24Cl2N6O4S2. The zero-order valence-corrected chi connectivity index (χ0v) is 23.8. The lowest BCUT2D eigenvalue weighted by molar-refractivity contribution is -0.164. The van der Waals surface area contributed by atoms with Crippen LogP contribution in [0.25, 0.3) is 0 Å². The molecule has 1 N–H and O–H groups in total. The quantitative estimate of drug-likeness (QED) is 0.170. The van der Waals surface area contributed by atoms with Crippen LogP contribution in [-0.2, 0) is 26.2 Å². The molecule has 2 amide bonds. The van der Waals surface area contributed by atoms with Crippen LogP contribution in [0.5, 0.6) is 0 Å². The number of carbonyl (C=O) groups is 3. The van der Waals surface area contributed by atoms with E-state index < -0.39 is 34.3 Å². The van der Waals surface area contributed by atoms with Gasteiger partial charge in [-0.2, -0.15) is 0 Å². The maximum absolute atomic E-state index is 14.1. The molecule has 3 aromatic rings. The van der Waals surface area contributed by atoms with Gasteiger partial charge in [0.05, 0.1) is 0 Å². The summed E-state index contributed by atoms with van der Waals surface area (Å²) in [6.07, 6.45) is -0.635. The number of tetrazole rings is 1. The van der Waals surface area contributed by atoms with E-state index in [9.17, 15) is 14.4 Å². The van der Waals surface area contributed by atoms with E-state index in [1.807, 2.05) is 60.7 Å². The number of carbonyl (C=O) groups excluding carboxylic acids is 3. The van der Waals surface area contributed by atoms with Crippen molar-refractivity contribution in [3.63, 3.8) is 0 Å². The van der Waals surface area contributed by atoms with Crippen LogP contribution in [0.3, 0.4) is 0 Å². The van der Waals surface area contributed by atoms with E-state index in [-0.39, 0.29) is 23.6 Å². The van der Waals surface area contributed by atoms with Gasteiger partial charge in [-0.3, -0.25) is 14.4 Å². The lowest BCUT2D eigenvalue weighted by Gasteiger charge is -2.54. The second-order valence-corrected chi connectivity index (χ2v) is 12.4. The number of amides is 2. The van der Waals surface area contributed by atoms with E-state index in [0.717, 1.165) is 11.1 Å². The van der Waals surface area contributed by atoms with E-state index in [4.69, 9.17) is 27.9 Å². The van der Waals surface area contributed by atoms with Crippen molar-refractivity contribution in [1.82, 2.24) is 30.4 Å². The van der Waals surface area contributed by atoms with Gasteiger partial charge in [-0.15, -0.1) is 16.9 Å². The highest BCUT2D eigenvalue weighted by atomic mass is 35.5. The van der Waals surface area contributed by atoms with Crippen molar-refractivity contribution >= 4 is 64.5 Å². The van der Waals surface area contributed by atoms with Gasteiger partial charge in [0.2, 0.25) is 11.1 Å². The van der Waals surface area contributed by atoms with E-state index in [2.05, 4.69) is 20.8 Å². The molecule has 39 heavy (non-hydrogen) atoms. The summed E-state index contributed by atoms with van der Waals surface area (Å²) in [6, 6.07) is 18.3. The van der Waals surface area contributed by atoms with Crippen molar-refractivity contribution in [2.45, 2.75) is 27.5 Å². The number of β-lactam (4-membered cyclic amide) rings is 1. The molecule has 2 aliphatic rings. The Balaban J connectivity index is 1.41. The molecule has 204 valence electrons. The molecule has 10 nitrogen and oxygen atoms in total. The maximum Gasteiger partial charge on any atom is 0.316 e. The molecule has 2 aliphatic heterocycles. The first kappa shape index (κ1) is 27.8. The fourth-order valence-corrected chi connectivity index (χ4v) is 7.30. The molecule has 0 saturated carbocycles. The smallest absolute Gasteiger partial charge is 0.316 e. The average Bonchev–Trinajstić information content (AvgIpc) is 3.38. The summed E-state index contributed by atoms with van der Waals surface area (Å²) in [5.41, 5.74) is 0.600. The Kier molecular flexibility index (Phi) is 8.36. The molecule has 1 aromatic heterocycles. The summed E-state index contributed by atoms with van der Waals surface area (Å²) in [4.78, 5) is 39.5. The summed E-state index contributed by atoms with van der Waals surface area (Å²) < 4.78 is 7.79. The number of esters is 1. The number of benzene rings is 2. The van der Waals surface area contributed by atoms with Gasteiger partial charge in [0.1, 0.15) is 16.8 Å². The monoisotopic (exact) mass is 606 g/mol. The average molecular weight is 608 g/mol. The van der Waals surface area contributed by atoms with Gasteiger partial charge in [-0.25, -0.2) is 4.68 Å². The normalized spacial score (nSPS) is 22.4. The first-order chi connectivity index (χ1) is 18.8. The van der Waals surface area contributed by atoms with Gasteiger partial charge >= 0.3 is 5.97 Å². The number of aryl methyl sites for hydroxylation is 1. The molecule has 0 bridgehead atoms. The molecule has 2 saturated heterocycles. The minimum absolute atomic E-state index is 0.120. The molecular weight excluding hydrogens is 583 g/mol. The number of hydrogen-bond acceptors (Lipinski definition) is 9. The van der Waals surface area contributed by atoms with Gasteiger partial charge in [0.25, 0.3) is 5.91 Å². The number of rotatable bonds is 9. The second-order valence-electron chi connectivity index (χ2n) is 9.22. The summed E-state index contributed by atoms with van der Waals surface area (Å²) in [6.45, 7) is 0.120. The predicted octanol–water partition coefficient (Wildman–Crippen LogP) is 2.83. The lowest BCUT2D eigenvalue weighted by Crippen LogP contribution is -2.74. The van der Waals surface area contributed by atoms with Crippen molar-refractivity contribution in [1.29, 1.82) is 0 Å². The number of hydrogen-bond donors (Lipinski definition) is 1. The zero-order valence-electron chi connectivity index (χ0n) is 20.6. The fourth-order valence-electron chi connectivity index (χ4n) is 4.48. The first-order valence-electron chi connectivity index (χ1n) is 12.0. The fraction of sp³-hybridized carbons (Fsp3) is 0.360. The van der Waals surface area contributed by atoms with Crippen molar-refractivity contribution < 1.29 is 19.1 Å². The summed E-state index contributed by atoms with van der Waals surface area (Å²) >= 11 is 14.0. The molecule has 0 spiro atoms. The van der Waals surface area contributed by atoms with Gasteiger partial charge < -0.3 is 15.0 Å². The Bertz CT molecular complexity index is 1310. The number of nitrogens with one attached hydrogen (secondary N) is 1. The molecule has 0 radical (unpaired) electrons. The van der Waals surface area contributed by atoms with Crippen molar-refractivity contribution in [2.75, 3.05) is 18.1 Å². The maximum atomic E-state index is 14.1. The third-order valence-electron chi connectivity index (χ3n) is 6.56. The zero-order chi connectivity index (χ0) is 27.6. The van der Waals surface area contributed by atoms with Crippen LogP contribution < -0.4 is 5.32 Å². The van der Waals surface area contributed by atoms with Crippen LogP contribution in [-0.4, -0.2) is 77.2 Å². The number of aromatic nitrogens is 4. The van der Waals surface area contributed by atoms with Crippen LogP contribution in [0.4, 0.5) is 0 Å². The molecule has 5 rings (SSSR count). The highest BCUT2D eigenvalue weighted by Crippen LogP contribution is 2.45. The third-order valence-corrected chi connectivity index (χ3v) is 9.85. The number of alkyl halides is 2. The van der Waals surface area contributed by atoms with E-state index in [1.165, 1.54) is 28.2 Å². The molecule has 14 heteroatoms. The number of nitrogens with zero attached hydrogens (tertiary/aromatic N) is 5. The van der Waals surface area contributed by atoms with E-state index >= 15 is 0 Å². The Morgan fingerprint density at radius 3 is 2.36 bits per heavy atom. The Morgan fingerprint density at radius 2 is 1.79 bits per heavy atom. The van der Waals surface area contributed by atoms with Crippen molar-refractivity contribution in [3.8, 4) is 0 Å². The number of fused-ring (bicyclic) bond motifs is 1. The van der Waals surface area contributed by atoms with Gasteiger partial charge in [-0.05, 0) is 21.6 Å². The number of ether oxygens (including phenoxy) is 1. The van der Waals surface area contributed by atoms with E-state index in [0.29, 0.717) is 10.9 Å². The Labute approximate surface area is 243 Å². The topological polar surface area (TPSA) is 119 Å². The standard InChI is InChI=1S/C25H24Cl2N6O4S2/c1-32-24(29-30-31-32)39-14-25(12-33-21(35)17(22(33)38-13-25)28-20(34)19(26)27)23(36)37-18(15-8-4-2-5-9-15)16-10-6-3-7-11-16/h2-11,17-19,22H,12-14H2,1H3,(H,28,34)/t17?,22-,25?/m1/s1. The van der Waals surface area contributed by atoms with Gasteiger partial charge in [-0.1, -0.05) is 95.6 Å². The number of halogens is 2. The highest BCUT2D eigenvalue weighted by Gasteiger charge is 2.58. The minimum atomic E-state index is -1.28. The van der Waals surface area contributed by atoms with Gasteiger partial charge in [0, 0.05) is 25.1 Å². The first-order valence-corrected chi connectivity index (χ1v) is 14.9. The lowest BCUT2D eigenvalue weighted by atomic mass is 9.88. The highest BCUT2D eigenvalue weighted by molar-refractivity contribution is 8.00.